The van der Waals surface area contributed by atoms with E-state index in [1.54, 1.807) is 0 Å². The summed E-state index contributed by atoms with van der Waals surface area (Å²) in [6.45, 7) is 1.57. The first kappa shape index (κ1) is 16.9. The molecular weight excluding hydrogens is 341 g/mol. The molecule has 1 saturated heterocycles. The molecular formula is C15H13F3N4O3. The van der Waals surface area contributed by atoms with E-state index in [4.69, 9.17) is 0 Å². The quantitative estimate of drug-likeness (QED) is 0.838. The highest BCUT2D eigenvalue weighted by Gasteiger charge is 2.39. The molecule has 0 saturated carbocycles. The SMILES string of the molecule is CC1=CC(=O)N(Nc2ccc(C(F)(F)F)c(N3CCCC3=O)n2)C1=O. The number of pyridine rings is 1. The van der Waals surface area contributed by atoms with Crippen LogP contribution in [-0.4, -0.2) is 34.3 Å². The summed E-state index contributed by atoms with van der Waals surface area (Å²) in [6.07, 6.45) is -3.02. The van der Waals surface area contributed by atoms with E-state index < -0.39 is 35.3 Å². The average molecular weight is 354 g/mol. The zero-order valence-corrected chi connectivity index (χ0v) is 13.1. The van der Waals surface area contributed by atoms with Crippen LogP contribution in [0.15, 0.2) is 23.8 Å². The number of nitrogens with zero attached hydrogens (tertiary/aromatic N) is 3. The third-order valence-electron chi connectivity index (χ3n) is 3.84. The fourth-order valence-electron chi connectivity index (χ4n) is 2.62. The normalized spacial score (nSPS) is 18.2. The van der Waals surface area contributed by atoms with Gasteiger partial charge >= 0.3 is 6.18 Å². The Balaban J connectivity index is 1.96. The molecule has 2 aliphatic rings. The number of nitrogens with one attached hydrogen (secondary N) is 1. The van der Waals surface area contributed by atoms with Crippen molar-refractivity contribution in [2.45, 2.75) is 25.9 Å². The largest absolute Gasteiger partial charge is 0.419 e. The van der Waals surface area contributed by atoms with Gasteiger partial charge in [0.2, 0.25) is 5.91 Å². The van der Waals surface area contributed by atoms with Crippen molar-refractivity contribution in [2.24, 2.45) is 0 Å². The summed E-state index contributed by atoms with van der Waals surface area (Å²) in [7, 11) is 0. The highest BCUT2D eigenvalue weighted by Crippen LogP contribution is 2.37. The lowest BCUT2D eigenvalue weighted by Gasteiger charge is -2.22. The molecule has 0 unspecified atom stereocenters. The number of imide groups is 1. The predicted molar refractivity (Wildman–Crippen MR) is 80.1 cm³/mol. The van der Waals surface area contributed by atoms with Gasteiger partial charge in [-0.05, 0) is 25.5 Å². The number of aromatic nitrogens is 1. The van der Waals surface area contributed by atoms with Gasteiger partial charge in [0.1, 0.15) is 11.6 Å². The Labute approximate surface area is 140 Å². The minimum atomic E-state index is -4.69. The number of hydrazine groups is 1. The number of amides is 3. The molecule has 1 aromatic rings. The predicted octanol–water partition coefficient (Wildman–Crippen LogP) is 1.87. The van der Waals surface area contributed by atoms with Crippen LogP contribution in [0.2, 0.25) is 0 Å². The fraction of sp³-hybridized carbons (Fsp3) is 0.333. The van der Waals surface area contributed by atoms with Crippen LogP contribution < -0.4 is 10.3 Å². The van der Waals surface area contributed by atoms with Crippen LogP contribution in [0.5, 0.6) is 0 Å². The zero-order chi connectivity index (χ0) is 18.4. The third kappa shape index (κ3) is 3.06. The van der Waals surface area contributed by atoms with Gasteiger partial charge in [-0.15, -0.1) is 0 Å². The highest BCUT2D eigenvalue weighted by atomic mass is 19.4. The van der Waals surface area contributed by atoms with Gasteiger partial charge in [-0.2, -0.15) is 18.2 Å². The van der Waals surface area contributed by atoms with Gasteiger partial charge in [-0.3, -0.25) is 24.7 Å². The lowest BCUT2D eigenvalue weighted by Crippen LogP contribution is -2.37. The standard InChI is InChI=1S/C15H13F3N4O3/c1-8-7-12(24)22(14(8)25)20-10-5-4-9(15(16,17)18)13(19-10)21-6-2-3-11(21)23/h4-5,7H,2-3,6H2,1H3,(H,19,20). The van der Waals surface area contributed by atoms with Gasteiger partial charge in [0.25, 0.3) is 11.8 Å². The topological polar surface area (TPSA) is 82.6 Å². The minimum absolute atomic E-state index is 0.126. The second-order valence-corrected chi connectivity index (χ2v) is 5.63. The van der Waals surface area contributed by atoms with E-state index >= 15 is 0 Å². The van der Waals surface area contributed by atoms with Crippen molar-refractivity contribution in [1.82, 2.24) is 9.99 Å². The summed E-state index contributed by atoms with van der Waals surface area (Å²) < 4.78 is 39.6. The number of anilines is 2. The van der Waals surface area contributed by atoms with E-state index in [1.165, 1.54) is 6.92 Å². The summed E-state index contributed by atoms with van der Waals surface area (Å²) in [6, 6.07) is 1.77. The molecule has 0 spiro atoms. The molecule has 0 aromatic carbocycles. The second-order valence-electron chi connectivity index (χ2n) is 5.63. The van der Waals surface area contributed by atoms with Crippen LogP contribution >= 0.6 is 0 Å². The number of rotatable bonds is 3. The second kappa shape index (κ2) is 5.87. The van der Waals surface area contributed by atoms with Crippen molar-refractivity contribution in [3.05, 3.63) is 29.3 Å². The summed E-state index contributed by atoms with van der Waals surface area (Å²) >= 11 is 0. The van der Waals surface area contributed by atoms with Crippen molar-refractivity contribution < 1.29 is 27.6 Å². The van der Waals surface area contributed by atoms with E-state index in [0.29, 0.717) is 11.4 Å². The van der Waals surface area contributed by atoms with Crippen molar-refractivity contribution in [2.75, 3.05) is 16.9 Å². The molecule has 10 heteroatoms. The van der Waals surface area contributed by atoms with Crippen molar-refractivity contribution >= 4 is 29.4 Å². The molecule has 3 amide bonds. The van der Waals surface area contributed by atoms with Crippen LogP contribution in [0, 0.1) is 0 Å². The van der Waals surface area contributed by atoms with E-state index in [1.807, 2.05) is 0 Å². The molecule has 3 rings (SSSR count). The number of alkyl halides is 3. The molecule has 0 bridgehead atoms. The molecule has 3 heterocycles. The Kier molecular flexibility index (Phi) is 3.97. The van der Waals surface area contributed by atoms with Crippen LogP contribution in [0.4, 0.5) is 24.8 Å². The fourth-order valence-corrected chi connectivity index (χ4v) is 2.62. The van der Waals surface area contributed by atoms with Gasteiger partial charge < -0.3 is 0 Å². The monoisotopic (exact) mass is 354 g/mol. The first-order valence-corrected chi connectivity index (χ1v) is 7.40. The third-order valence-corrected chi connectivity index (χ3v) is 3.84. The van der Waals surface area contributed by atoms with Crippen LogP contribution in [0.3, 0.4) is 0 Å². The molecule has 1 fully saturated rings. The van der Waals surface area contributed by atoms with E-state index in [2.05, 4.69) is 10.4 Å². The Morgan fingerprint density at radius 1 is 1.20 bits per heavy atom. The van der Waals surface area contributed by atoms with Crippen molar-refractivity contribution in [3.63, 3.8) is 0 Å². The lowest BCUT2D eigenvalue weighted by atomic mass is 10.2. The summed E-state index contributed by atoms with van der Waals surface area (Å²) in [5.41, 5.74) is 1.53. The Morgan fingerprint density at radius 2 is 1.92 bits per heavy atom. The molecule has 25 heavy (non-hydrogen) atoms. The van der Waals surface area contributed by atoms with Gasteiger partial charge in [-0.1, -0.05) is 0 Å². The first-order chi connectivity index (χ1) is 11.7. The van der Waals surface area contributed by atoms with Crippen molar-refractivity contribution in [1.29, 1.82) is 0 Å². The van der Waals surface area contributed by atoms with Gasteiger partial charge in [-0.25, -0.2) is 4.98 Å². The molecule has 132 valence electrons. The number of hydrogen-bond donors (Lipinski definition) is 1. The van der Waals surface area contributed by atoms with Gasteiger partial charge in [0.15, 0.2) is 0 Å². The van der Waals surface area contributed by atoms with Gasteiger partial charge in [0, 0.05) is 24.6 Å². The van der Waals surface area contributed by atoms with E-state index in [-0.39, 0.29) is 24.4 Å². The van der Waals surface area contributed by atoms with Crippen LogP contribution in [0.25, 0.3) is 0 Å². The highest BCUT2D eigenvalue weighted by molar-refractivity contribution is 6.16. The molecule has 0 aliphatic carbocycles. The molecule has 7 nitrogen and oxygen atoms in total. The minimum Gasteiger partial charge on any atom is -0.296 e. The number of halogens is 3. The number of carbonyl (C=O) groups excluding carboxylic acids is 3. The summed E-state index contributed by atoms with van der Waals surface area (Å²) in [4.78, 5) is 40.2. The zero-order valence-electron chi connectivity index (χ0n) is 13.1. The smallest absolute Gasteiger partial charge is 0.296 e. The average Bonchev–Trinajstić information content (AvgIpc) is 3.05. The van der Waals surface area contributed by atoms with Crippen LogP contribution in [0.1, 0.15) is 25.3 Å². The molecule has 2 aliphatic heterocycles. The maximum Gasteiger partial charge on any atom is 0.419 e. The molecule has 0 radical (unpaired) electrons. The van der Waals surface area contributed by atoms with E-state index in [9.17, 15) is 27.6 Å². The maximum atomic E-state index is 13.2. The summed E-state index contributed by atoms with van der Waals surface area (Å²) in [5, 5.41) is 0.653. The molecule has 1 aromatic heterocycles. The first-order valence-electron chi connectivity index (χ1n) is 7.40. The molecule has 0 atom stereocenters. The summed E-state index contributed by atoms with van der Waals surface area (Å²) in [5.74, 6) is -2.41. The van der Waals surface area contributed by atoms with E-state index in [0.717, 1.165) is 23.1 Å². The number of hydrogen-bond acceptors (Lipinski definition) is 5. The van der Waals surface area contributed by atoms with Gasteiger partial charge in [0.05, 0.1) is 5.56 Å². The Hall–Kier alpha value is -2.91. The Bertz CT molecular complexity index is 804. The lowest BCUT2D eigenvalue weighted by molar-refractivity contribution is -0.138. The van der Waals surface area contributed by atoms with Crippen molar-refractivity contribution in [3.8, 4) is 0 Å². The molecule has 1 N–H and O–H groups in total. The maximum absolute atomic E-state index is 13.2. The Morgan fingerprint density at radius 3 is 2.44 bits per heavy atom. The van der Waals surface area contributed by atoms with Crippen LogP contribution in [-0.2, 0) is 20.6 Å². The number of carbonyl (C=O) groups is 3.